The summed E-state index contributed by atoms with van der Waals surface area (Å²) in [6.07, 6.45) is 4.05. The first-order valence-corrected chi connectivity index (χ1v) is 12.1. The molecule has 5 nitrogen and oxygen atoms in total. The molecule has 4 rings (SSSR count). The van der Waals surface area contributed by atoms with Crippen LogP contribution in [0.2, 0.25) is 0 Å². The molecule has 1 heterocycles. The quantitative estimate of drug-likeness (QED) is 0.269. The van der Waals surface area contributed by atoms with Crippen LogP contribution in [0.4, 0.5) is 4.39 Å². The minimum atomic E-state index is -0.494. The van der Waals surface area contributed by atoms with E-state index in [2.05, 4.69) is 6.92 Å². The Morgan fingerprint density at radius 1 is 0.943 bits per heavy atom. The topological polar surface area (TPSA) is 55.2 Å². The summed E-state index contributed by atoms with van der Waals surface area (Å²) < 4.78 is 15.2. The second kappa shape index (κ2) is 11.1. The molecule has 1 amide bonds. The zero-order valence-electron chi connectivity index (χ0n) is 20.2. The summed E-state index contributed by atoms with van der Waals surface area (Å²) in [5.74, 6) is -0.0512. The molecule has 6 heteroatoms. The zero-order valence-corrected chi connectivity index (χ0v) is 20.2. The number of nitrogens with zero attached hydrogens (tertiary/aromatic N) is 3. The van der Waals surface area contributed by atoms with E-state index in [0.717, 1.165) is 25.7 Å². The van der Waals surface area contributed by atoms with Crippen LogP contribution in [0.3, 0.4) is 0 Å². The van der Waals surface area contributed by atoms with E-state index in [4.69, 9.17) is 4.98 Å². The molecular formula is C29H30FN3O2. The number of halogens is 1. The van der Waals surface area contributed by atoms with Crippen LogP contribution < -0.4 is 5.56 Å². The summed E-state index contributed by atoms with van der Waals surface area (Å²) in [5.41, 5.74) is 1.42. The van der Waals surface area contributed by atoms with Crippen molar-refractivity contribution in [3.8, 4) is 5.69 Å². The van der Waals surface area contributed by atoms with Crippen LogP contribution in [0.15, 0.2) is 83.7 Å². The first-order chi connectivity index (χ1) is 17.0. The van der Waals surface area contributed by atoms with Crippen LogP contribution in [0.25, 0.3) is 16.6 Å². The Kier molecular flexibility index (Phi) is 7.70. The standard InChI is InChI=1S/C29H30FN3O2/c1-3-4-5-11-20-32(28(34)22-12-7-6-8-13-22)21(2)27-31-26-15-10-9-14-25(26)29(35)33(27)24-18-16-23(30)17-19-24/h6-10,12-19,21H,3-5,11,20H2,1-2H3. The summed E-state index contributed by atoms with van der Waals surface area (Å²) in [6, 6.07) is 21.6. The van der Waals surface area contributed by atoms with Crippen LogP contribution in [0.5, 0.6) is 0 Å². The van der Waals surface area contributed by atoms with Crippen LogP contribution in [0.1, 0.15) is 61.8 Å². The second-order valence-electron chi connectivity index (χ2n) is 8.71. The number of hydrogen-bond acceptors (Lipinski definition) is 3. The highest BCUT2D eigenvalue weighted by molar-refractivity contribution is 5.94. The molecule has 4 aromatic rings. The van der Waals surface area contributed by atoms with Crippen molar-refractivity contribution in [1.82, 2.24) is 14.5 Å². The van der Waals surface area contributed by atoms with Gasteiger partial charge in [0, 0.05) is 12.1 Å². The molecule has 0 aliphatic heterocycles. The smallest absolute Gasteiger partial charge is 0.266 e. The third-order valence-electron chi connectivity index (χ3n) is 6.26. The van der Waals surface area contributed by atoms with Crippen molar-refractivity contribution in [3.63, 3.8) is 0 Å². The lowest BCUT2D eigenvalue weighted by atomic mass is 10.1. The van der Waals surface area contributed by atoms with E-state index in [1.165, 1.54) is 16.7 Å². The van der Waals surface area contributed by atoms with E-state index < -0.39 is 6.04 Å². The maximum absolute atomic E-state index is 13.7. The fraction of sp³-hybridized carbons (Fsp3) is 0.276. The van der Waals surface area contributed by atoms with Gasteiger partial charge in [-0.15, -0.1) is 0 Å². The molecule has 0 aliphatic carbocycles. The van der Waals surface area contributed by atoms with E-state index in [-0.39, 0.29) is 17.3 Å². The normalized spacial score (nSPS) is 12.0. The van der Waals surface area contributed by atoms with Gasteiger partial charge in [0.05, 0.1) is 22.6 Å². The van der Waals surface area contributed by atoms with Crippen molar-refractivity contribution in [1.29, 1.82) is 0 Å². The third-order valence-corrected chi connectivity index (χ3v) is 6.26. The maximum Gasteiger partial charge on any atom is 0.266 e. The molecule has 0 saturated heterocycles. The van der Waals surface area contributed by atoms with Crippen molar-refractivity contribution in [2.24, 2.45) is 0 Å². The van der Waals surface area contributed by atoms with E-state index in [9.17, 15) is 14.0 Å². The number of aromatic nitrogens is 2. The highest BCUT2D eigenvalue weighted by Crippen LogP contribution is 2.25. The fourth-order valence-corrected chi connectivity index (χ4v) is 4.34. The number of carbonyl (C=O) groups is 1. The number of rotatable bonds is 9. The van der Waals surface area contributed by atoms with Gasteiger partial charge in [0.1, 0.15) is 11.6 Å². The number of unbranched alkanes of at least 4 members (excludes halogenated alkanes) is 3. The largest absolute Gasteiger partial charge is 0.329 e. The first kappa shape index (κ1) is 24.3. The molecule has 0 aliphatic rings. The summed E-state index contributed by atoms with van der Waals surface area (Å²) in [4.78, 5) is 33.9. The Morgan fingerprint density at radius 2 is 1.63 bits per heavy atom. The maximum atomic E-state index is 13.7. The number of amides is 1. The molecule has 35 heavy (non-hydrogen) atoms. The van der Waals surface area contributed by atoms with Crippen LogP contribution in [-0.2, 0) is 0 Å². The molecule has 0 radical (unpaired) electrons. The molecule has 1 aromatic heterocycles. The van der Waals surface area contributed by atoms with Crippen LogP contribution in [0, 0.1) is 5.82 Å². The van der Waals surface area contributed by atoms with Crippen molar-refractivity contribution in [3.05, 3.63) is 106 Å². The monoisotopic (exact) mass is 471 g/mol. The van der Waals surface area contributed by atoms with Crippen molar-refractivity contribution in [2.45, 2.75) is 45.6 Å². The Hall–Kier alpha value is -3.80. The van der Waals surface area contributed by atoms with Gasteiger partial charge < -0.3 is 4.90 Å². The highest BCUT2D eigenvalue weighted by Gasteiger charge is 2.27. The molecule has 0 saturated carbocycles. The highest BCUT2D eigenvalue weighted by atomic mass is 19.1. The zero-order chi connectivity index (χ0) is 24.8. The Balaban J connectivity index is 1.84. The lowest BCUT2D eigenvalue weighted by Gasteiger charge is -2.31. The van der Waals surface area contributed by atoms with Gasteiger partial charge in [-0.05, 0) is 61.9 Å². The van der Waals surface area contributed by atoms with E-state index in [1.807, 2.05) is 31.2 Å². The Labute approximate surface area is 204 Å². The predicted molar refractivity (Wildman–Crippen MR) is 137 cm³/mol. The van der Waals surface area contributed by atoms with Gasteiger partial charge in [0.2, 0.25) is 0 Å². The van der Waals surface area contributed by atoms with E-state index in [1.54, 1.807) is 47.4 Å². The number of fused-ring (bicyclic) bond motifs is 1. The lowest BCUT2D eigenvalue weighted by Crippen LogP contribution is -2.38. The molecule has 1 unspecified atom stereocenters. The molecule has 0 fully saturated rings. The average molecular weight is 472 g/mol. The molecule has 3 aromatic carbocycles. The molecule has 0 bridgehead atoms. The Morgan fingerprint density at radius 3 is 2.34 bits per heavy atom. The minimum absolute atomic E-state index is 0.109. The van der Waals surface area contributed by atoms with Crippen molar-refractivity contribution < 1.29 is 9.18 Å². The van der Waals surface area contributed by atoms with E-state index in [0.29, 0.717) is 34.5 Å². The summed E-state index contributed by atoms with van der Waals surface area (Å²) in [7, 11) is 0. The fourth-order valence-electron chi connectivity index (χ4n) is 4.34. The SMILES string of the molecule is CCCCCCN(C(=O)c1ccccc1)C(C)c1nc2ccccc2c(=O)n1-c1ccc(F)cc1. The van der Waals surface area contributed by atoms with Crippen LogP contribution in [-0.4, -0.2) is 26.9 Å². The lowest BCUT2D eigenvalue weighted by molar-refractivity contribution is 0.0677. The molecule has 180 valence electrons. The predicted octanol–water partition coefficient (Wildman–Crippen LogP) is 6.31. The van der Waals surface area contributed by atoms with Gasteiger partial charge in [-0.25, -0.2) is 9.37 Å². The van der Waals surface area contributed by atoms with Gasteiger partial charge in [0.25, 0.3) is 11.5 Å². The summed E-state index contributed by atoms with van der Waals surface area (Å²) >= 11 is 0. The number of para-hydroxylation sites is 1. The van der Waals surface area contributed by atoms with E-state index >= 15 is 0 Å². The minimum Gasteiger partial charge on any atom is -0.329 e. The van der Waals surface area contributed by atoms with Gasteiger partial charge in [0.15, 0.2) is 0 Å². The summed E-state index contributed by atoms with van der Waals surface area (Å²) in [6.45, 7) is 4.59. The molecule has 1 atom stereocenters. The number of hydrogen-bond donors (Lipinski definition) is 0. The number of carbonyl (C=O) groups excluding carboxylic acids is 1. The summed E-state index contributed by atoms with van der Waals surface area (Å²) in [5, 5.41) is 0.469. The van der Waals surface area contributed by atoms with Crippen molar-refractivity contribution in [2.75, 3.05) is 6.54 Å². The average Bonchev–Trinajstić information content (AvgIpc) is 2.89. The van der Waals surface area contributed by atoms with Crippen molar-refractivity contribution >= 4 is 16.8 Å². The second-order valence-corrected chi connectivity index (χ2v) is 8.71. The molecular weight excluding hydrogens is 441 g/mol. The van der Waals surface area contributed by atoms with Gasteiger partial charge in [-0.2, -0.15) is 0 Å². The number of benzene rings is 3. The molecule has 0 spiro atoms. The molecule has 0 N–H and O–H groups in total. The third kappa shape index (κ3) is 5.32. The van der Waals surface area contributed by atoms with Gasteiger partial charge >= 0.3 is 0 Å². The Bertz CT molecular complexity index is 1350. The van der Waals surface area contributed by atoms with Gasteiger partial charge in [-0.3, -0.25) is 14.2 Å². The van der Waals surface area contributed by atoms with Gasteiger partial charge in [-0.1, -0.05) is 56.5 Å². The first-order valence-electron chi connectivity index (χ1n) is 12.1. The van der Waals surface area contributed by atoms with Crippen LogP contribution >= 0.6 is 0 Å².